The van der Waals surface area contributed by atoms with Gasteiger partial charge in [-0.15, -0.1) is 11.6 Å². The molecule has 3 aromatic rings. The highest BCUT2D eigenvalue weighted by atomic mass is 35.5. The van der Waals surface area contributed by atoms with Gasteiger partial charge in [0.1, 0.15) is 23.9 Å². The van der Waals surface area contributed by atoms with E-state index in [0.717, 1.165) is 28.4 Å². The number of aryl methyl sites for hydroxylation is 1. The zero-order chi connectivity index (χ0) is 14.1. The maximum absolute atomic E-state index is 5.98. The van der Waals surface area contributed by atoms with Gasteiger partial charge in [-0.2, -0.15) is 0 Å². The first-order chi connectivity index (χ1) is 9.71. The lowest BCUT2D eigenvalue weighted by molar-refractivity contribution is 0.415. The number of nitrogens with zero attached hydrogens (tertiary/aromatic N) is 3. The number of fused-ring (bicyclic) bond motifs is 1. The first-order valence-corrected chi connectivity index (χ1v) is 6.75. The van der Waals surface area contributed by atoms with Crippen LogP contribution in [0.1, 0.15) is 17.5 Å². The Morgan fingerprint density at radius 1 is 1.40 bits per heavy atom. The summed E-state index contributed by atoms with van der Waals surface area (Å²) in [5.74, 6) is 3.32. The number of imidazole rings is 1. The van der Waals surface area contributed by atoms with Crippen LogP contribution in [0.15, 0.2) is 28.8 Å². The third-order valence-corrected chi connectivity index (χ3v) is 3.36. The fourth-order valence-corrected chi connectivity index (χ4v) is 2.38. The molecule has 0 radical (unpaired) electrons. The molecule has 6 heteroatoms. The van der Waals surface area contributed by atoms with E-state index >= 15 is 0 Å². The van der Waals surface area contributed by atoms with Crippen molar-refractivity contribution in [3.05, 3.63) is 41.9 Å². The van der Waals surface area contributed by atoms with Gasteiger partial charge < -0.3 is 13.7 Å². The fourth-order valence-electron chi connectivity index (χ4n) is 2.17. The SMILES string of the molecule is COc1ccc2c(c1)nc(CCl)n2Cc1ncc(C)o1. The molecule has 2 heterocycles. The van der Waals surface area contributed by atoms with E-state index in [1.807, 2.05) is 29.7 Å². The van der Waals surface area contributed by atoms with Gasteiger partial charge in [0, 0.05) is 6.07 Å². The fraction of sp³-hybridized carbons (Fsp3) is 0.286. The van der Waals surface area contributed by atoms with Crippen LogP contribution in [0.5, 0.6) is 5.75 Å². The lowest BCUT2D eigenvalue weighted by Crippen LogP contribution is -2.04. The zero-order valence-electron chi connectivity index (χ0n) is 11.3. The Bertz CT molecular complexity index is 748. The lowest BCUT2D eigenvalue weighted by Gasteiger charge is -2.05. The molecule has 5 nitrogen and oxygen atoms in total. The highest BCUT2D eigenvalue weighted by Crippen LogP contribution is 2.23. The molecule has 0 bridgehead atoms. The second-order valence-corrected chi connectivity index (χ2v) is 4.73. The van der Waals surface area contributed by atoms with Crippen LogP contribution in [0.2, 0.25) is 0 Å². The number of hydrogen-bond donors (Lipinski definition) is 0. The molecule has 0 atom stereocenters. The summed E-state index contributed by atoms with van der Waals surface area (Å²) in [6.07, 6.45) is 1.71. The van der Waals surface area contributed by atoms with Gasteiger partial charge in [0.2, 0.25) is 5.89 Å². The number of ether oxygens (including phenoxy) is 1. The molecule has 0 N–H and O–H groups in total. The van der Waals surface area contributed by atoms with Gasteiger partial charge in [0.05, 0.1) is 30.2 Å². The summed E-state index contributed by atoms with van der Waals surface area (Å²) >= 11 is 5.98. The maximum atomic E-state index is 5.98. The summed E-state index contributed by atoms with van der Waals surface area (Å²) < 4.78 is 12.7. The van der Waals surface area contributed by atoms with Gasteiger partial charge >= 0.3 is 0 Å². The molecular formula is C14H14ClN3O2. The Balaban J connectivity index is 2.08. The quantitative estimate of drug-likeness (QED) is 0.693. The number of rotatable bonds is 4. The van der Waals surface area contributed by atoms with E-state index in [1.165, 1.54) is 0 Å². The summed E-state index contributed by atoms with van der Waals surface area (Å²) in [6, 6.07) is 5.76. The standard InChI is InChI=1S/C14H14ClN3O2/c1-9-7-16-14(20-9)8-18-12-4-3-10(19-2)5-11(12)17-13(18)6-15/h3-5,7H,6,8H2,1-2H3. The molecule has 0 saturated carbocycles. The Labute approximate surface area is 121 Å². The molecule has 3 rings (SSSR count). The summed E-state index contributed by atoms with van der Waals surface area (Å²) in [6.45, 7) is 2.38. The van der Waals surface area contributed by atoms with Crippen molar-refractivity contribution in [2.45, 2.75) is 19.3 Å². The summed E-state index contributed by atoms with van der Waals surface area (Å²) in [5, 5.41) is 0. The van der Waals surface area contributed by atoms with Crippen LogP contribution < -0.4 is 4.74 Å². The highest BCUT2D eigenvalue weighted by Gasteiger charge is 2.13. The van der Waals surface area contributed by atoms with E-state index < -0.39 is 0 Å². The largest absolute Gasteiger partial charge is 0.497 e. The normalized spacial score (nSPS) is 11.2. The molecule has 2 aromatic heterocycles. The van der Waals surface area contributed by atoms with Gasteiger partial charge in [-0.25, -0.2) is 9.97 Å². The third-order valence-electron chi connectivity index (χ3n) is 3.12. The van der Waals surface area contributed by atoms with E-state index in [-0.39, 0.29) is 0 Å². The first kappa shape index (κ1) is 13.0. The van der Waals surface area contributed by atoms with Crippen molar-refractivity contribution in [3.8, 4) is 5.75 Å². The van der Waals surface area contributed by atoms with Crippen molar-refractivity contribution < 1.29 is 9.15 Å². The molecule has 0 unspecified atom stereocenters. The number of halogens is 1. The van der Waals surface area contributed by atoms with Gasteiger partial charge in [0.15, 0.2) is 0 Å². The van der Waals surface area contributed by atoms with E-state index in [4.69, 9.17) is 20.8 Å². The predicted octanol–water partition coefficient (Wildman–Crippen LogP) is 3.13. The minimum atomic E-state index is 0.330. The van der Waals surface area contributed by atoms with Crippen LogP contribution in [0.3, 0.4) is 0 Å². The van der Waals surface area contributed by atoms with Gasteiger partial charge in [-0.3, -0.25) is 0 Å². The molecule has 0 aliphatic carbocycles. The van der Waals surface area contributed by atoms with Crippen molar-refractivity contribution in [2.75, 3.05) is 7.11 Å². The van der Waals surface area contributed by atoms with Crippen LogP contribution in [-0.2, 0) is 12.4 Å². The number of oxazole rings is 1. The molecular weight excluding hydrogens is 278 g/mol. The molecule has 0 aliphatic heterocycles. The minimum Gasteiger partial charge on any atom is -0.497 e. The van der Waals surface area contributed by atoms with Gasteiger partial charge in [0.25, 0.3) is 0 Å². The second-order valence-electron chi connectivity index (χ2n) is 4.47. The molecule has 0 spiro atoms. The van der Waals surface area contributed by atoms with E-state index in [2.05, 4.69) is 9.97 Å². The smallest absolute Gasteiger partial charge is 0.214 e. The van der Waals surface area contributed by atoms with Crippen LogP contribution in [0.4, 0.5) is 0 Å². The lowest BCUT2D eigenvalue weighted by atomic mass is 10.3. The average Bonchev–Trinajstić information content (AvgIpc) is 3.02. The van der Waals surface area contributed by atoms with Crippen molar-refractivity contribution in [1.82, 2.24) is 14.5 Å². The summed E-state index contributed by atoms with van der Waals surface area (Å²) in [4.78, 5) is 8.75. The van der Waals surface area contributed by atoms with Gasteiger partial charge in [-0.05, 0) is 19.1 Å². The second kappa shape index (κ2) is 5.17. The third kappa shape index (κ3) is 2.25. The monoisotopic (exact) mass is 291 g/mol. The molecule has 104 valence electrons. The predicted molar refractivity (Wildman–Crippen MR) is 76.2 cm³/mol. The van der Waals surface area contributed by atoms with Crippen LogP contribution in [0, 0.1) is 6.92 Å². The number of aromatic nitrogens is 3. The Morgan fingerprint density at radius 3 is 2.90 bits per heavy atom. The maximum Gasteiger partial charge on any atom is 0.214 e. The summed E-state index contributed by atoms with van der Waals surface area (Å²) in [5.41, 5.74) is 1.83. The molecule has 1 aromatic carbocycles. The van der Waals surface area contributed by atoms with Crippen LogP contribution >= 0.6 is 11.6 Å². The first-order valence-electron chi connectivity index (χ1n) is 6.21. The highest BCUT2D eigenvalue weighted by molar-refractivity contribution is 6.16. The van der Waals surface area contributed by atoms with Crippen molar-refractivity contribution in [2.24, 2.45) is 0 Å². The Hall–Kier alpha value is -2.01. The van der Waals surface area contributed by atoms with E-state index in [0.29, 0.717) is 18.3 Å². The number of methoxy groups -OCH3 is 1. The molecule has 20 heavy (non-hydrogen) atoms. The topological polar surface area (TPSA) is 53.1 Å². The Morgan fingerprint density at radius 2 is 2.25 bits per heavy atom. The van der Waals surface area contributed by atoms with Gasteiger partial charge in [-0.1, -0.05) is 0 Å². The van der Waals surface area contributed by atoms with Crippen LogP contribution in [-0.4, -0.2) is 21.6 Å². The van der Waals surface area contributed by atoms with E-state index in [9.17, 15) is 0 Å². The zero-order valence-corrected chi connectivity index (χ0v) is 12.0. The van der Waals surface area contributed by atoms with Crippen molar-refractivity contribution in [3.63, 3.8) is 0 Å². The number of alkyl halides is 1. The minimum absolute atomic E-state index is 0.330. The van der Waals surface area contributed by atoms with Crippen molar-refractivity contribution >= 4 is 22.6 Å². The number of benzene rings is 1. The van der Waals surface area contributed by atoms with Crippen molar-refractivity contribution in [1.29, 1.82) is 0 Å². The van der Waals surface area contributed by atoms with E-state index in [1.54, 1.807) is 13.3 Å². The molecule has 0 saturated heterocycles. The molecule has 0 amide bonds. The van der Waals surface area contributed by atoms with Crippen LogP contribution in [0.25, 0.3) is 11.0 Å². The summed E-state index contributed by atoms with van der Waals surface area (Å²) in [7, 11) is 1.64. The average molecular weight is 292 g/mol. The molecule has 0 fully saturated rings. The molecule has 0 aliphatic rings. The Kier molecular flexibility index (Phi) is 3.36. The number of hydrogen-bond acceptors (Lipinski definition) is 4.